The molecule has 8 heteroatoms. The van der Waals surface area contributed by atoms with Crippen LogP contribution in [0.15, 0.2) is 45.2 Å². The summed E-state index contributed by atoms with van der Waals surface area (Å²) in [7, 11) is 0. The van der Waals surface area contributed by atoms with Crippen molar-refractivity contribution in [3.63, 3.8) is 0 Å². The van der Waals surface area contributed by atoms with Crippen LogP contribution in [0.5, 0.6) is 0 Å². The maximum absolute atomic E-state index is 9.87. The van der Waals surface area contributed by atoms with E-state index in [1.54, 1.807) is 0 Å². The molecule has 1 fully saturated rings. The number of nitrogens with zero attached hydrogens (tertiary/aromatic N) is 6. The van der Waals surface area contributed by atoms with Crippen molar-refractivity contribution in [2.75, 3.05) is 13.1 Å². The highest BCUT2D eigenvalue weighted by molar-refractivity contribution is 5.55. The lowest BCUT2D eigenvalue weighted by Gasteiger charge is -2.36. The van der Waals surface area contributed by atoms with Gasteiger partial charge in [-0.1, -0.05) is 27.7 Å². The fraction of sp³-hybridized carbons (Fsp3) is 0.562. The van der Waals surface area contributed by atoms with Gasteiger partial charge in [-0.2, -0.15) is 5.26 Å². The molecule has 3 aliphatic rings. The van der Waals surface area contributed by atoms with Crippen LogP contribution in [0.4, 0.5) is 0 Å². The zero-order valence-corrected chi connectivity index (χ0v) is 23.9. The van der Waals surface area contributed by atoms with Crippen LogP contribution in [0.25, 0.3) is 14.5 Å². The van der Waals surface area contributed by atoms with Crippen molar-refractivity contribution in [3.05, 3.63) is 79.5 Å². The molecule has 0 unspecified atom stereocenters. The van der Waals surface area contributed by atoms with E-state index in [0.29, 0.717) is 59.9 Å². The molecule has 0 radical (unpaired) electrons. The first-order valence-electron chi connectivity index (χ1n) is 13.7. The van der Waals surface area contributed by atoms with Gasteiger partial charge in [-0.05, 0) is 85.2 Å². The number of nitrogens with one attached hydrogen (secondary N) is 2. The molecule has 0 amide bonds. The van der Waals surface area contributed by atoms with Gasteiger partial charge in [-0.3, -0.25) is 0 Å². The summed E-state index contributed by atoms with van der Waals surface area (Å²) in [5, 5.41) is 35.8. The van der Waals surface area contributed by atoms with Crippen molar-refractivity contribution in [2.45, 2.75) is 79.1 Å². The Hall–Kier alpha value is -4.50. The zero-order chi connectivity index (χ0) is 29.5. The largest absolute Gasteiger partial charge is 0.397 e. The van der Waals surface area contributed by atoms with E-state index in [1.807, 2.05) is 12.1 Å². The van der Waals surface area contributed by atoms with Crippen LogP contribution in [0.1, 0.15) is 79.1 Å². The van der Waals surface area contributed by atoms with Crippen LogP contribution in [0, 0.1) is 76.4 Å². The van der Waals surface area contributed by atoms with E-state index < -0.39 is 0 Å². The Bertz CT molecular complexity index is 1270. The van der Waals surface area contributed by atoms with Crippen molar-refractivity contribution in [3.8, 4) is 18.2 Å². The SMILES string of the molecule is [C-]#[N+]C1=C(NCC2CCC(CNC3=C(C#N)/C(=C(\C#N)[N+]#[C-])CC(C)(C)C3)CC2)CC(C)(C)C/C1=C(\C#N)[N+]#[C-]. The number of hydrogen-bond donors (Lipinski definition) is 2. The Labute approximate surface area is 238 Å². The van der Waals surface area contributed by atoms with Crippen molar-refractivity contribution in [1.29, 1.82) is 15.8 Å². The molecule has 0 aromatic rings. The van der Waals surface area contributed by atoms with E-state index in [0.717, 1.165) is 50.2 Å². The molecule has 8 nitrogen and oxygen atoms in total. The molecule has 0 bridgehead atoms. The monoisotopic (exact) mass is 532 g/mol. The van der Waals surface area contributed by atoms with Gasteiger partial charge in [-0.15, -0.1) is 0 Å². The number of allylic oxidation sites excluding steroid dienone is 7. The van der Waals surface area contributed by atoms with Gasteiger partial charge in [0.15, 0.2) is 5.70 Å². The molecule has 40 heavy (non-hydrogen) atoms. The normalized spacial score (nSPS) is 26.1. The third-order valence-corrected chi connectivity index (χ3v) is 8.20. The second-order valence-corrected chi connectivity index (χ2v) is 12.7. The molecule has 1 saturated carbocycles. The maximum Gasteiger partial charge on any atom is 0.266 e. The third-order valence-electron chi connectivity index (χ3n) is 8.20. The predicted molar refractivity (Wildman–Crippen MR) is 152 cm³/mol. The second-order valence-electron chi connectivity index (χ2n) is 12.7. The fourth-order valence-electron chi connectivity index (χ4n) is 6.21. The molecule has 3 rings (SSSR count). The van der Waals surface area contributed by atoms with E-state index in [2.05, 4.69) is 58.9 Å². The molecular formula is C32H36N8. The Kier molecular flexibility index (Phi) is 9.44. The Morgan fingerprint density at radius 2 is 1.20 bits per heavy atom. The highest BCUT2D eigenvalue weighted by Gasteiger charge is 2.34. The van der Waals surface area contributed by atoms with Gasteiger partial charge in [0.25, 0.3) is 11.4 Å². The summed E-state index contributed by atoms with van der Waals surface area (Å²) in [6.07, 6.45) is 6.72. The van der Waals surface area contributed by atoms with Crippen LogP contribution in [0.3, 0.4) is 0 Å². The van der Waals surface area contributed by atoms with Gasteiger partial charge in [-0.25, -0.2) is 25.1 Å². The summed E-state index contributed by atoms with van der Waals surface area (Å²) in [6, 6.07) is 6.21. The summed E-state index contributed by atoms with van der Waals surface area (Å²) in [4.78, 5) is 10.5. The zero-order valence-electron chi connectivity index (χ0n) is 23.9. The van der Waals surface area contributed by atoms with E-state index >= 15 is 0 Å². The molecule has 0 saturated heterocycles. The molecule has 0 aromatic heterocycles. The van der Waals surface area contributed by atoms with Crippen LogP contribution in [-0.4, -0.2) is 13.1 Å². The number of hydrogen-bond acceptors (Lipinski definition) is 5. The highest BCUT2D eigenvalue weighted by atomic mass is 14.9. The molecule has 0 spiro atoms. The molecule has 0 aromatic carbocycles. The first-order valence-corrected chi connectivity index (χ1v) is 13.7. The standard InChI is InChI=1S/C32H36N8/c1-31(2)12-23(28(17-34)36-5)25(16-33)26(14-31)39-19-21-8-10-22(11-9-21)20-40-27-15-32(3,4)13-24(30(27)38-7)29(18-35)37-6/h21-22,39-40H,8-15,19-20H2,1-4H3/b28-23+,29-24-. The summed E-state index contributed by atoms with van der Waals surface area (Å²) in [5.41, 5.74) is 3.45. The van der Waals surface area contributed by atoms with Crippen molar-refractivity contribution in [2.24, 2.45) is 22.7 Å². The molecule has 204 valence electrons. The summed E-state index contributed by atoms with van der Waals surface area (Å²) >= 11 is 0. The lowest BCUT2D eigenvalue weighted by molar-refractivity contribution is 0.260. The van der Waals surface area contributed by atoms with Crippen molar-refractivity contribution >= 4 is 0 Å². The molecule has 0 atom stereocenters. The Morgan fingerprint density at radius 1 is 0.750 bits per heavy atom. The van der Waals surface area contributed by atoms with Crippen LogP contribution < -0.4 is 10.6 Å². The maximum atomic E-state index is 9.87. The molecule has 2 N–H and O–H groups in total. The van der Waals surface area contributed by atoms with E-state index in [9.17, 15) is 15.8 Å². The van der Waals surface area contributed by atoms with Crippen molar-refractivity contribution in [1.82, 2.24) is 10.6 Å². The third kappa shape index (κ3) is 6.92. The summed E-state index contributed by atoms with van der Waals surface area (Å²) in [6.45, 7) is 32.4. The first-order chi connectivity index (χ1) is 19.0. The Balaban J connectivity index is 1.64. The average molecular weight is 533 g/mol. The van der Waals surface area contributed by atoms with Crippen LogP contribution in [-0.2, 0) is 0 Å². The Morgan fingerprint density at radius 3 is 1.65 bits per heavy atom. The number of nitriles is 3. The smallest absolute Gasteiger partial charge is 0.266 e. The number of rotatable bonds is 6. The van der Waals surface area contributed by atoms with Gasteiger partial charge >= 0.3 is 0 Å². The minimum absolute atomic E-state index is 0.00928. The first kappa shape index (κ1) is 30.0. The van der Waals surface area contributed by atoms with Gasteiger partial charge in [0.1, 0.15) is 0 Å². The van der Waals surface area contributed by atoms with Gasteiger partial charge in [0.2, 0.25) is 0 Å². The predicted octanol–water partition coefficient (Wildman–Crippen LogP) is 6.91. The molecule has 0 heterocycles. The van der Waals surface area contributed by atoms with E-state index in [4.69, 9.17) is 19.7 Å². The van der Waals surface area contributed by atoms with Crippen LogP contribution in [0.2, 0.25) is 0 Å². The van der Waals surface area contributed by atoms with Gasteiger partial charge < -0.3 is 10.6 Å². The summed E-state index contributed by atoms with van der Waals surface area (Å²) < 4.78 is 0. The quantitative estimate of drug-likeness (QED) is 0.285. The molecule has 0 aliphatic heterocycles. The minimum atomic E-state index is -0.140. The molecule has 3 aliphatic carbocycles. The topological polar surface area (TPSA) is 109 Å². The van der Waals surface area contributed by atoms with E-state index in [-0.39, 0.29) is 22.2 Å². The second kappa shape index (κ2) is 12.6. The van der Waals surface area contributed by atoms with Gasteiger partial charge in [0.05, 0.1) is 43.5 Å². The van der Waals surface area contributed by atoms with Crippen LogP contribution >= 0.6 is 0 Å². The minimum Gasteiger partial charge on any atom is -0.397 e. The molecular weight excluding hydrogens is 496 g/mol. The lowest BCUT2D eigenvalue weighted by Crippen LogP contribution is -2.34. The van der Waals surface area contributed by atoms with Crippen molar-refractivity contribution < 1.29 is 0 Å². The van der Waals surface area contributed by atoms with Gasteiger partial charge in [0, 0.05) is 24.5 Å². The van der Waals surface area contributed by atoms with E-state index in [1.165, 1.54) is 0 Å². The fourth-order valence-corrected chi connectivity index (χ4v) is 6.21. The summed E-state index contributed by atoms with van der Waals surface area (Å²) in [5.74, 6) is 0.939. The average Bonchev–Trinajstić information content (AvgIpc) is 2.91. The lowest BCUT2D eigenvalue weighted by atomic mass is 9.73. The highest BCUT2D eigenvalue weighted by Crippen LogP contribution is 2.44.